The highest BCUT2D eigenvalue weighted by Crippen LogP contribution is 2.31. The average molecular weight is 430 g/mol. The zero-order valence-corrected chi connectivity index (χ0v) is 17.7. The molecule has 4 aromatic rings. The van der Waals surface area contributed by atoms with E-state index in [4.69, 9.17) is 4.98 Å². The minimum atomic E-state index is -0.476. The summed E-state index contributed by atoms with van der Waals surface area (Å²) >= 11 is 0. The smallest absolute Gasteiger partial charge is 0.287 e. The fourth-order valence-corrected chi connectivity index (χ4v) is 3.32. The number of aryl methyl sites for hydroxylation is 2. The lowest BCUT2D eigenvalue weighted by Gasteiger charge is -2.13. The van der Waals surface area contributed by atoms with E-state index in [-0.39, 0.29) is 5.69 Å². The Bertz CT molecular complexity index is 1220. The van der Waals surface area contributed by atoms with Gasteiger partial charge in [0.15, 0.2) is 0 Å². The van der Waals surface area contributed by atoms with Gasteiger partial charge in [-0.1, -0.05) is 23.8 Å². The van der Waals surface area contributed by atoms with Crippen molar-refractivity contribution < 1.29 is 4.92 Å². The first-order valence-electron chi connectivity index (χ1n) is 10.0. The maximum Gasteiger partial charge on any atom is 0.287 e. The summed E-state index contributed by atoms with van der Waals surface area (Å²) < 4.78 is 0. The Morgan fingerprint density at radius 3 is 2.53 bits per heavy atom. The molecule has 0 spiro atoms. The van der Waals surface area contributed by atoms with Crippen molar-refractivity contribution in [3.05, 3.63) is 76.5 Å². The van der Waals surface area contributed by atoms with E-state index in [9.17, 15) is 10.1 Å². The minimum Gasteiger partial charge on any atom is -0.368 e. The van der Waals surface area contributed by atoms with E-state index >= 15 is 0 Å². The summed E-state index contributed by atoms with van der Waals surface area (Å²) in [7, 11) is 0. The number of hydrogen-bond donors (Lipinski definition) is 3. The van der Waals surface area contributed by atoms with Crippen LogP contribution >= 0.6 is 0 Å². The van der Waals surface area contributed by atoms with Crippen molar-refractivity contribution >= 4 is 17.5 Å². The van der Waals surface area contributed by atoms with Gasteiger partial charge in [0.25, 0.3) is 5.69 Å². The van der Waals surface area contributed by atoms with Crippen LogP contribution in [0.3, 0.4) is 0 Å². The number of pyridine rings is 1. The molecule has 0 amide bonds. The van der Waals surface area contributed by atoms with E-state index in [0.717, 1.165) is 28.1 Å². The highest BCUT2D eigenvalue weighted by atomic mass is 16.6. The second-order valence-electron chi connectivity index (χ2n) is 7.25. The molecular formula is C22H22N8O2. The number of benzene rings is 1. The molecule has 0 atom stereocenters. The predicted molar refractivity (Wildman–Crippen MR) is 122 cm³/mol. The zero-order chi connectivity index (χ0) is 22.5. The number of aromatic nitrogens is 5. The van der Waals surface area contributed by atoms with Crippen LogP contribution in [0.4, 0.5) is 17.5 Å². The van der Waals surface area contributed by atoms with Gasteiger partial charge in [0.2, 0.25) is 5.95 Å². The van der Waals surface area contributed by atoms with Crippen LogP contribution in [0.2, 0.25) is 0 Å². The number of anilines is 2. The van der Waals surface area contributed by atoms with Crippen molar-refractivity contribution in [1.29, 1.82) is 0 Å². The van der Waals surface area contributed by atoms with Gasteiger partial charge in [0.05, 0.1) is 28.8 Å². The molecule has 0 unspecified atom stereocenters. The molecule has 3 aromatic heterocycles. The van der Waals surface area contributed by atoms with Crippen molar-refractivity contribution in [3.8, 4) is 22.5 Å². The van der Waals surface area contributed by atoms with Gasteiger partial charge in [-0.25, -0.2) is 19.9 Å². The summed E-state index contributed by atoms with van der Waals surface area (Å²) in [5, 5.41) is 17.0. The number of nitrogens with zero attached hydrogens (tertiary/aromatic N) is 5. The van der Waals surface area contributed by atoms with Gasteiger partial charge < -0.3 is 15.6 Å². The number of rotatable bonds is 8. The molecule has 10 nitrogen and oxygen atoms in total. The Kier molecular flexibility index (Phi) is 6.02. The molecule has 0 aliphatic heterocycles. The maximum absolute atomic E-state index is 10.7. The molecule has 0 aliphatic rings. The molecule has 3 N–H and O–H groups in total. The van der Waals surface area contributed by atoms with Crippen LogP contribution in [0.15, 0.2) is 55.2 Å². The van der Waals surface area contributed by atoms with E-state index in [2.05, 4.69) is 62.6 Å². The van der Waals surface area contributed by atoms with Gasteiger partial charge in [-0.15, -0.1) is 0 Å². The van der Waals surface area contributed by atoms with Gasteiger partial charge >= 0.3 is 0 Å². The Hall–Kier alpha value is -4.34. The summed E-state index contributed by atoms with van der Waals surface area (Å²) in [6.45, 7) is 5.20. The topological polar surface area (TPSA) is 135 Å². The molecule has 0 saturated heterocycles. The summed E-state index contributed by atoms with van der Waals surface area (Å²) in [5.74, 6) is 1.06. The van der Waals surface area contributed by atoms with Crippen LogP contribution in [-0.2, 0) is 0 Å². The molecule has 3 heterocycles. The first-order chi connectivity index (χ1) is 15.5. The minimum absolute atomic E-state index is 0.0432. The highest BCUT2D eigenvalue weighted by molar-refractivity contribution is 5.80. The third kappa shape index (κ3) is 4.69. The lowest BCUT2D eigenvalue weighted by Crippen LogP contribution is -2.16. The standard InChI is InChI=1S/C22H22N8O2/c1-14-3-5-17(15(2)9-14)21-18(19-12-23-13-28-19)11-27-22(29-21)25-8-7-24-20-6-4-16(10-26-20)30(31)32/h3-6,9-13H,7-8H2,1-2H3,(H,23,28)(H,24,26)(H,25,27,29). The predicted octanol–water partition coefficient (Wildman–Crippen LogP) is 3.98. The third-order valence-corrected chi connectivity index (χ3v) is 4.89. The SMILES string of the molecule is Cc1ccc(-c2nc(NCCNc3ccc([N+](=O)[O-])cn3)ncc2-c2cnc[nH]2)c(C)c1. The van der Waals surface area contributed by atoms with Gasteiger partial charge in [-0.05, 0) is 25.5 Å². The van der Waals surface area contributed by atoms with E-state index < -0.39 is 4.92 Å². The first-order valence-corrected chi connectivity index (χ1v) is 10.0. The molecule has 10 heteroatoms. The highest BCUT2D eigenvalue weighted by Gasteiger charge is 2.14. The van der Waals surface area contributed by atoms with Crippen molar-refractivity contribution in [3.63, 3.8) is 0 Å². The molecule has 1 aromatic carbocycles. The number of H-pyrrole nitrogens is 1. The number of nitrogens with one attached hydrogen (secondary N) is 3. The Morgan fingerprint density at radius 2 is 1.84 bits per heavy atom. The number of imidazole rings is 1. The molecule has 0 radical (unpaired) electrons. The van der Waals surface area contributed by atoms with Gasteiger partial charge in [0, 0.05) is 36.5 Å². The normalized spacial score (nSPS) is 10.7. The molecular weight excluding hydrogens is 408 g/mol. The Labute approximate surface area is 184 Å². The molecule has 0 aliphatic carbocycles. The maximum atomic E-state index is 10.7. The van der Waals surface area contributed by atoms with Gasteiger partial charge in [-0.3, -0.25) is 10.1 Å². The number of nitro groups is 1. The summed E-state index contributed by atoms with van der Waals surface area (Å²) in [4.78, 5) is 30.7. The van der Waals surface area contributed by atoms with E-state index in [0.29, 0.717) is 24.9 Å². The molecule has 32 heavy (non-hydrogen) atoms. The van der Waals surface area contributed by atoms with Crippen LogP contribution in [0, 0.1) is 24.0 Å². The first kappa shape index (κ1) is 20.9. The summed E-state index contributed by atoms with van der Waals surface area (Å²) in [5.41, 5.74) is 5.83. The fourth-order valence-electron chi connectivity index (χ4n) is 3.32. The second kappa shape index (κ2) is 9.21. The van der Waals surface area contributed by atoms with E-state index in [1.165, 1.54) is 17.8 Å². The van der Waals surface area contributed by atoms with Crippen molar-refractivity contribution in [2.45, 2.75) is 13.8 Å². The average Bonchev–Trinajstić information content (AvgIpc) is 3.32. The molecule has 162 valence electrons. The summed E-state index contributed by atoms with van der Waals surface area (Å²) in [6.07, 6.45) is 6.39. The van der Waals surface area contributed by atoms with Crippen molar-refractivity contribution in [2.24, 2.45) is 0 Å². The third-order valence-electron chi connectivity index (χ3n) is 4.89. The lowest BCUT2D eigenvalue weighted by molar-refractivity contribution is -0.385. The molecule has 4 rings (SSSR count). The quantitative estimate of drug-likeness (QED) is 0.217. The van der Waals surface area contributed by atoms with E-state index in [1.54, 1.807) is 24.8 Å². The van der Waals surface area contributed by atoms with Crippen molar-refractivity contribution in [2.75, 3.05) is 23.7 Å². The van der Waals surface area contributed by atoms with Crippen LogP contribution in [-0.4, -0.2) is 42.9 Å². The molecule has 0 saturated carbocycles. The molecule has 0 fully saturated rings. The number of hydrogen-bond acceptors (Lipinski definition) is 8. The Balaban J connectivity index is 1.49. The van der Waals surface area contributed by atoms with Crippen LogP contribution < -0.4 is 10.6 Å². The lowest BCUT2D eigenvalue weighted by atomic mass is 9.99. The molecule has 0 bridgehead atoms. The van der Waals surface area contributed by atoms with Crippen LogP contribution in [0.5, 0.6) is 0 Å². The van der Waals surface area contributed by atoms with E-state index in [1.807, 2.05) is 0 Å². The number of aromatic amines is 1. The van der Waals surface area contributed by atoms with Crippen LogP contribution in [0.25, 0.3) is 22.5 Å². The fraction of sp³-hybridized carbons (Fsp3) is 0.182. The largest absolute Gasteiger partial charge is 0.368 e. The van der Waals surface area contributed by atoms with Crippen LogP contribution in [0.1, 0.15) is 11.1 Å². The van der Waals surface area contributed by atoms with Gasteiger partial charge in [0.1, 0.15) is 12.0 Å². The monoisotopic (exact) mass is 430 g/mol. The Morgan fingerprint density at radius 1 is 1.00 bits per heavy atom. The second-order valence-corrected chi connectivity index (χ2v) is 7.25. The van der Waals surface area contributed by atoms with Crippen molar-refractivity contribution in [1.82, 2.24) is 24.9 Å². The summed E-state index contributed by atoms with van der Waals surface area (Å²) in [6, 6.07) is 9.25. The van der Waals surface area contributed by atoms with Gasteiger partial charge in [-0.2, -0.15) is 0 Å². The zero-order valence-electron chi connectivity index (χ0n) is 17.7.